The third-order valence-corrected chi connectivity index (χ3v) is 5.11. The lowest BCUT2D eigenvalue weighted by molar-refractivity contribution is -0.141. The van der Waals surface area contributed by atoms with Gasteiger partial charge in [0.1, 0.15) is 6.04 Å². The molecule has 0 radical (unpaired) electrons. The number of benzene rings is 2. The van der Waals surface area contributed by atoms with Gasteiger partial charge in [0.2, 0.25) is 11.8 Å². The molecule has 0 aliphatic rings. The van der Waals surface area contributed by atoms with Crippen molar-refractivity contribution in [2.75, 3.05) is 6.54 Å². The van der Waals surface area contributed by atoms with Crippen molar-refractivity contribution in [2.24, 2.45) is 5.92 Å². The van der Waals surface area contributed by atoms with Crippen LogP contribution >= 0.6 is 0 Å². The van der Waals surface area contributed by atoms with Gasteiger partial charge in [-0.25, -0.2) is 0 Å². The summed E-state index contributed by atoms with van der Waals surface area (Å²) in [7, 11) is 0. The van der Waals surface area contributed by atoms with Crippen LogP contribution in [0.5, 0.6) is 0 Å². The van der Waals surface area contributed by atoms with E-state index in [1.165, 1.54) is 0 Å². The van der Waals surface area contributed by atoms with E-state index in [9.17, 15) is 9.59 Å². The van der Waals surface area contributed by atoms with Crippen LogP contribution in [0.2, 0.25) is 0 Å². The number of hydrogen-bond acceptors (Lipinski definition) is 2. The van der Waals surface area contributed by atoms with Crippen LogP contribution in [0.4, 0.5) is 0 Å². The second kappa shape index (κ2) is 10.8. The second-order valence-electron chi connectivity index (χ2n) is 8.18. The fraction of sp³-hybridized carbons (Fsp3) is 0.440. The average molecular weight is 395 g/mol. The van der Waals surface area contributed by atoms with Gasteiger partial charge in [0, 0.05) is 13.1 Å². The van der Waals surface area contributed by atoms with Gasteiger partial charge in [0.05, 0.1) is 6.42 Å². The average Bonchev–Trinajstić information content (AvgIpc) is 2.69. The summed E-state index contributed by atoms with van der Waals surface area (Å²) in [5.74, 6) is 0.269. The first-order chi connectivity index (χ1) is 13.8. The first-order valence-electron chi connectivity index (χ1n) is 10.5. The molecule has 156 valence electrons. The van der Waals surface area contributed by atoms with Gasteiger partial charge >= 0.3 is 0 Å². The molecule has 0 aromatic heterocycles. The minimum atomic E-state index is -0.480. The van der Waals surface area contributed by atoms with Crippen LogP contribution in [0.15, 0.2) is 48.5 Å². The highest BCUT2D eigenvalue weighted by Gasteiger charge is 2.28. The number of rotatable bonds is 9. The topological polar surface area (TPSA) is 49.4 Å². The Morgan fingerprint density at radius 1 is 1.03 bits per heavy atom. The summed E-state index contributed by atoms with van der Waals surface area (Å²) >= 11 is 0. The fourth-order valence-electron chi connectivity index (χ4n) is 3.38. The van der Waals surface area contributed by atoms with E-state index in [2.05, 4.69) is 31.3 Å². The van der Waals surface area contributed by atoms with Crippen LogP contribution in [0.25, 0.3) is 0 Å². The SMILES string of the molecule is CC[C@@H](C(=O)NCC(C)C)N(Cc1ccccc1)C(=O)Cc1cc(C)ccc1C. The van der Waals surface area contributed by atoms with Crippen molar-refractivity contribution in [1.29, 1.82) is 0 Å². The van der Waals surface area contributed by atoms with E-state index in [1.54, 1.807) is 4.90 Å². The first kappa shape index (κ1) is 22.7. The normalized spacial score (nSPS) is 11.9. The Bertz CT molecular complexity index is 815. The molecule has 1 atom stereocenters. The summed E-state index contributed by atoms with van der Waals surface area (Å²) in [6.45, 7) is 11.2. The van der Waals surface area contributed by atoms with Gasteiger partial charge in [-0.3, -0.25) is 9.59 Å². The molecule has 0 aliphatic carbocycles. The van der Waals surface area contributed by atoms with Gasteiger partial charge in [-0.15, -0.1) is 0 Å². The number of carbonyl (C=O) groups excluding carboxylic acids is 2. The van der Waals surface area contributed by atoms with Crippen LogP contribution in [-0.2, 0) is 22.6 Å². The highest BCUT2D eigenvalue weighted by Crippen LogP contribution is 2.17. The second-order valence-corrected chi connectivity index (χ2v) is 8.18. The monoisotopic (exact) mass is 394 g/mol. The Morgan fingerprint density at radius 3 is 2.34 bits per heavy atom. The Morgan fingerprint density at radius 2 is 1.72 bits per heavy atom. The molecule has 0 aliphatic heterocycles. The van der Waals surface area contributed by atoms with E-state index in [0.717, 1.165) is 22.3 Å². The predicted molar refractivity (Wildman–Crippen MR) is 119 cm³/mol. The highest BCUT2D eigenvalue weighted by atomic mass is 16.2. The van der Waals surface area contributed by atoms with Gasteiger partial charge < -0.3 is 10.2 Å². The lowest BCUT2D eigenvalue weighted by Gasteiger charge is -2.31. The molecular weight excluding hydrogens is 360 g/mol. The molecule has 0 spiro atoms. The van der Waals surface area contributed by atoms with Gasteiger partial charge in [-0.2, -0.15) is 0 Å². The quantitative estimate of drug-likeness (QED) is 0.684. The Labute approximate surface area is 175 Å². The zero-order valence-corrected chi connectivity index (χ0v) is 18.4. The van der Waals surface area contributed by atoms with Gasteiger partial charge in [0.15, 0.2) is 0 Å². The Kier molecular flexibility index (Phi) is 8.44. The highest BCUT2D eigenvalue weighted by molar-refractivity contribution is 5.88. The molecular formula is C25H34N2O2. The number of nitrogens with zero attached hydrogens (tertiary/aromatic N) is 1. The molecule has 0 fully saturated rings. The molecule has 0 heterocycles. The zero-order valence-electron chi connectivity index (χ0n) is 18.4. The van der Waals surface area contributed by atoms with Crippen molar-refractivity contribution in [2.45, 2.75) is 60.0 Å². The maximum atomic E-state index is 13.4. The lowest BCUT2D eigenvalue weighted by atomic mass is 10.0. The molecule has 29 heavy (non-hydrogen) atoms. The van der Waals surface area contributed by atoms with Crippen LogP contribution in [-0.4, -0.2) is 29.3 Å². The smallest absolute Gasteiger partial charge is 0.242 e. The fourth-order valence-corrected chi connectivity index (χ4v) is 3.38. The summed E-state index contributed by atoms with van der Waals surface area (Å²) in [6, 6.07) is 15.6. The Balaban J connectivity index is 2.28. The van der Waals surface area contributed by atoms with Crippen molar-refractivity contribution in [1.82, 2.24) is 10.2 Å². The van der Waals surface area contributed by atoms with Crippen molar-refractivity contribution in [3.8, 4) is 0 Å². The molecule has 0 unspecified atom stereocenters. The minimum Gasteiger partial charge on any atom is -0.354 e. The molecule has 2 rings (SSSR count). The summed E-state index contributed by atoms with van der Waals surface area (Å²) in [4.78, 5) is 28.0. The Hall–Kier alpha value is -2.62. The van der Waals surface area contributed by atoms with Crippen LogP contribution in [0.1, 0.15) is 49.4 Å². The van der Waals surface area contributed by atoms with Gasteiger partial charge in [0.25, 0.3) is 0 Å². The third-order valence-electron chi connectivity index (χ3n) is 5.11. The van der Waals surface area contributed by atoms with E-state index < -0.39 is 6.04 Å². The number of carbonyl (C=O) groups is 2. The molecule has 2 aromatic rings. The summed E-state index contributed by atoms with van der Waals surface area (Å²) in [5.41, 5.74) is 4.28. The maximum absolute atomic E-state index is 13.4. The van der Waals surface area contributed by atoms with Crippen LogP contribution in [0, 0.1) is 19.8 Å². The number of amides is 2. The van der Waals surface area contributed by atoms with E-state index in [-0.39, 0.29) is 11.8 Å². The maximum Gasteiger partial charge on any atom is 0.242 e. The molecule has 2 aromatic carbocycles. The van der Waals surface area contributed by atoms with E-state index in [4.69, 9.17) is 0 Å². The van der Waals surface area contributed by atoms with E-state index in [1.807, 2.05) is 57.2 Å². The molecule has 4 nitrogen and oxygen atoms in total. The largest absolute Gasteiger partial charge is 0.354 e. The van der Waals surface area contributed by atoms with Crippen molar-refractivity contribution in [3.63, 3.8) is 0 Å². The molecule has 0 saturated heterocycles. The molecule has 2 amide bonds. The van der Waals surface area contributed by atoms with E-state index in [0.29, 0.717) is 31.8 Å². The van der Waals surface area contributed by atoms with Crippen LogP contribution < -0.4 is 5.32 Å². The lowest BCUT2D eigenvalue weighted by Crippen LogP contribution is -2.50. The first-order valence-corrected chi connectivity index (χ1v) is 10.5. The zero-order chi connectivity index (χ0) is 21.4. The van der Waals surface area contributed by atoms with Crippen LogP contribution in [0.3, 0.4) is 0 Å². The molecule has 1 N–H and O–H groups in total. The van der Waals surface area contributed by atoms with Crippen molar-refractivity contribution in [3.05, 3.63) is 70.8 Å². The summed E-state index contributed by atoms with van der Waals surface area (Å²) < 4.78 is 0. The molecule has 0 bridgehead atoms. The summed E-state index contributed by atoms with van der Waals surface area (Å²) in [6.07, 6.45) is 0.879. The van der Waals surface area contributed by atoms with Gasteiger partial charge in [-0.05, 0) is 42.9 Å². The summed E-state index contributed by atoms with van der Waals surface area (Å²) in [5, 5.41) is 3.01. The number of aryl methyl sites for hydroxylation is 2. The molecule has 4 heteroatoms. The van der Waals surface area contributed by atoms with Gasteiger partial charge in [-0.1, -0.05) is 74.9 Å². The molecule has 0 saturated carbocycles. The van der Waals surface area contributed by atoms with Crippen molar-refractivity contribution >= 4 is 11.8 Å². The predicted octanol–water partition coefficient (Wildman–Crippen LogP) is 4.43. The number of nitrogens with one attached hydrogen (secondary N) is 1. The minimum absolute atomic E-state index is 0.0194. The third kappa shape index (κ3) is 6.74. The number of hydrogen-bond donors (Lipinski definition) is 1. The standard InChI is InChI=1S/C25H34N2O2/c1-6-23(25(29)26-16-18(2)3)27(17-21-10-8-7-9-11-21)24(28)15-22-14-19(4)12-13-20(22)5/h7-14,18,23H,6,15-17H2,1-5H3,(H,26,29)/t23-/m0/s1. The van der Waals surface area contributed by atoms with Crippen molar-refractivity contribution < 1.29 is 9.59 Å². The van der Waals surface area contributed by atoms with E-state index >= 15 is 0 Å².